The van der Waals surface area contributed by atoms with Crippen LogP contribution in [0.1, 0.15) is 51.3 Å². The monoisotopic (exact) mass is 412 g/mol. The van der Waals surface area contributed by atoms with Crippen LogP contribution in [0, 0.1) is 12.8 Å². The molecule has 0 saturated carbocycles. The Morgan fingerprint density at radius 1 is 1.30 bits per heavy atom. The van der Waals surface area contributed by atoms with Crippen LogP contribution in [0.4, 0.5) is 0 Å². The standard InChI is InChI=1S/C23H36N6O/c1-16(2)14-30-20-10-7-18(8-11-20)23(4,5)15-25-22(24-6)27-19-9-12-21-26-17(3)28-29(21)13-19/h7-8,10-11,16,19H,9,12-15H2,1-6H3,(H2,24,25,27). The smallest absolute Gasteiger partial charge is 0.191 e. The highest BCUT2D eigenvalue weighted by atomic mass is 16.5. The predicted molar refractivity (Wildman–Crippen MR) is 121 cm³/mol. The molecular weight excluding hydrogens is 376 g/mol. The van der Waals surface area contributed by atoms with Gasteiger partial charge >= 0.3 is 0 Å². The van der Waals surface area contributed by atoms with E-state index in [1.54, 1.807) is 0 Å². The van der Waals surface area contributed by atoms with Crippen molar-refractivity contribution in [3.63, 3.8) is 0 Å². The summed E-state index contributed by atoms with van der Waals surface area (Å²) < 4.78 is 7.82. The largest absolute Gasteiger partial charge is 0.493 e. The van der Waals surface area contributed by atoms with Gasteiger partial charge in [0.2, 0.25) is 0 Å². The van der Waals surface area contributed by atoms with Crippen LogP contribution in [0.5, 0.6) is 5.75 Å². The van der Waals surface area contributed by atoms with Crippen LogP contribution in [0.15, 0.2) is 29.3 Å². The number of aliphatic imine (C=N–C) groups is 1. The number of ether oxygens (including phenoxy) is 1. The Bertz CT molecular complexity index is 853. The van der Waals surface area contributed by atoms with Gasteiger partial charge in [-0.25, -0.2) is 9.67 Å². The van der Waals surface area contributed by atoms with E-state index in [0.717, 1.165) is 55.9 Å². The number of nitrogens with zero attached hydrogens (tertiary/aromatic N) is 4. The van der Waals surface area contributed by atoms with Crippen molar-refractivity contribution in [2.24, 2.45) is 10.9 Å². The molecule has 0 bridgehead atoms. The first kappa shape index (κ1) is 22.1. The maximum atomic E-state index is 5.81. The molecule has 0 fully saturated rings. The first-order valence-electron chi connectivity index (χ1n) is 10.9. The van der Waals surface area contributed by atoms with E-state index in [1.165, 1.54) is 5.56 Å². The van der Waals surface area contributed by atoms with E-state index in [-0.39, 0.29) is 5.41 Å². The molecule has 1 atom stereocenters. The first-order chi connectivity index (χ1) is 14.3. The molecule has 2 N–H and O–H groups in total. The van der Waals surface area contributed by atoms with Crippen molar-refractivity contribution in [2.45, 2.75) is 65.5 Å². The lowest BCUT2D eigenvalue weighted by Gasteiger charge is -2.29. The number of guanidine groups is 1. The Morgan fingerprint density at radius 2 is 2.03 bits per heavy atom. The SMILES string of the molecule is CN=C(NCC(C)(C)c1ccc(OCC(C)C)cc1)NC1CCc2nc(C)nn2C1. The van der Waals surface area contributed by atoms with Gasteiger partial charge in [-0.3, -0.25) is 4.99 Å². The summed E-state index contributed by atoms with van der Waals surface area (Å²) in [6, 6.07) is 8.73. The highest BCUT2D eigenvalue weighted by Gasteiger charge is 2.24. The molecule has 1 unspecified atom stereocenters. The molecule has 0 aliphatic carbocycles. The molecular formula is C23H36N6O. The lowest BCUT2D eigenvalue weighted by atomic mass is 9.84. The average molecular weight is 413 g/mol. The third kappa shape index (κ3) is 5.74. The minimum atomic E-state index is -0.0447. The second-order valence-corrected chi connectivity index (χ2v) is 9.18. The van der Waals surface area contributed by atoms with Gasteiger partial charge in [0.1, 0.15) is 17.4 Å². The van der Waals surface area contributed by atoms with E-state index in [2.05, 4.69) is 77.7 Å². The minimum absolute atomic E-state index is 0.0447. The molecule has 0 spiro atoms. The Hall–Kier alpha value is -2.57. The molecule has 3 rings (SSSR count). The van der Waals surface area contributed by atoms with Crippen molar-refractivity contribution in [1.82, 2.24) is 25.4 Å². The Kier molecular flexibility index (Phi) is 7.00. The van der Waals surface area contributed by atoms with Crippen molar-refractivity contribution in [1.29, 1.82) is 0 Å². The van der Waals surface area contributed by atoms with E-state index in [0.29, 0.717) is 12.0 Å². The summed E-state index contributed by atoms with van der Waals surface area (Å²) in [6.45, 7) is 13.1. The van der Waals surface area contributed by atoms with Crippen molar-refractivity contribution in [3.05, 3.63) is 41.5 Å². The molecule has 0 amide bonds. The van der Waals surface area contributed by atoms with Gasteiger partial charge in [-0.1, -0.05) is 39.8 Å². The van der Waals surface area contributed by atoms with E-state index < -0.39 is 0 Å². The van der Waals surface area contributed by atoms with Gasteiger partial charge in [-0.15, -0.1) is 0 Å². The van der Waals surface area contributed by atoms with Crippen molar-refractivity contribution in [3.8, 4) is 5.75 Å². The maximum Gasteiger partial charge on any atom is 0.191 e. The highest BCUT2D eigenvalue weighted by molar-refractivity contribution is 5.80. The fraction of sp³-hybridized carbons (Fsp3) is 0.609. The second-order valence-electron chi connectivity index (χ2n) is 9.18. The quantitative estimate of drug-likeness (QED) is 0.540. The van der Waals surface area contributed by atoms with E-state index >= 15 is 0 Å². The number of hydrogen-bond acceptors (Lipinski definition) is 4. The number of fused-ring (bicyclic) bond motifs is 1. The van der Waals surface area contributed by atoms with Gasteiger partial charge in [0.05, 0.1) is 13.2 Å². The number of benzene rings is 1. The summed E-state index contributed by atoms with van der Waals surface area (Å²) in [5.41, 5.74) is 1.22. The number of hydrogen-bond donors (Lipinski definition) is 2. The number of nitrogens with one attached hydrogen (secondary N) is 2. The molecule has 2 aromatic rings. The molecule has 1 aliphatic heterocycles. The van der Waals surface area contributed by atoms with Gasteiger partial charge in [0, 0.05) is 31.5 Å². The van der Waals surface area contributed by atoms with Crippen LogP contribution in [0.25, 0.3) is 0 Å². The third-order valence-corrected chi connectivity index (χ3v) is 5.45. The van der Waals surface area contributed by atoms with Crippen LogP contribution in [-0.4, -0.2) is 47.0 Å². The number of aryl methyl sites for hydroxylation is 2. The topological polar surface area (TPSA) is 76.4 Å². The zero-order valence-electron chi connectivity index (χ0n) is 19.2. The van der Waals surface area contributed by atoms with Crippen molar-refractivity contribution < 1.29 is 4.74 Å². The van der Waals surface area contributed by atoms with Gasteiger partial charge in [0.15, 0.2) is 5.96 Å². The molecule has 164 valence electrons. The Balaban J connectivity index is 1.53. The van der Waals surface area contributed by atoms with E-state index in [4.69, 9.17) is 4.74 Å². The fourth-order valence-electron chi connectivity index (χ4n) is 3.61. The van der Waals surface area contributed by atoms with Crippen LogP contribution in [0.3, 0.4) is 0 Å². The molecule has 0 saturated heterocycles. The predicted octanol–water partition coefficient (Wildman–Crippen LogP) is 3.08. The summed E-state index contributed by atoms with van der Waals surface area (Å²) in [7, 11) is 1.82. The lowest BCUT2D eigenvalue weighted by molar-refractivity contribution is 0.271. The highest BCUT2D eigenvalue weighted by Crippen LogP contribution is 2.25. The summed E-state index contributed by atoms with van der Waals surface area (Å²) in [4.78, 5) is 8.91. The number of rotatable bonds is 7. The Morgan fingerprint density at radius 3 is 2.70 bits per heavy atom. The van der Waals surface area contributed by atoms with Crippen LogP contribution in [0.2, 0.25) is 0 Å². The zero-order valence-corrected chi connectivity index (χ0v) is 19.2. The van der Waals surface area contributed by atoms with Crippen molar-refractivity contribution >= 4 is 5.96 Å². The van der Waals surface area contributed by atoms with Crippen molar-refractivity contribution in [2.75, 3.05) is 20.2 Å². The minimum Gasteiger partial charge on any atom is -0.493 e. The molecule has 30 heavy (non-hydrogen) atoms. The van der Waals surface area contributed by atoms with Gasteiger partial charge in [-0.2, -0.15) is 5.10 Å². The molecule has 7 heteroatoms. The van der Waals surface area contributed by atoms with E-state index in [9.17, 15) is 0 Å². The molecule has 1 aromatic carbocycles. The Labute approximate surface area is 180 Å². The first-order valence-corrected chi connectivity index (χ1v) is 10.9. The van der Waals surface area contributed by atoms with Crippen LogP contribution < -0.4 is 15.4 Å². The maximum absolute atomic E-state index is 5.81. The summed E-state index contributed by atoms with van der Waals surface area (Å²) in [6.07, 6.45) is 1.96. The molecule has 7 nitrogen and oxygen atoms in total. The third-order valence-electron chi connectivity index (χ3n) is 5.45. The summed E-state index contributed by atoms with van der Waals surface area (Å²) >= 11 is 0. The molecule has 2 heterocycles. The molecule has 1 aromatic heterocycles. The molecule has 0 radical (unpaired) electrons. The summed E-state index contributed by atoms with van der Waals surface area (Å²) in [5.74, 6) is 4.19. The molecule has 1 aliphatic rings. The lowest BCUT2D eigenvalue weighted by Crippen LogP contribution is -2.49. The number of aromatic nitrogens is 3. The average Bonchev–Trinajstić information content (AvgIpc) is 3.09. The van der Waals surface area contributed by atoms with Crippen LogP contribution in [-0.2, 0) is 18.4 Å². The zero-order chi connectivity index (χ0) is 21.7. The van der Waals surface area contributed by atoms with Crippen LogP contribution >= 0.6 is 0 Å². The second kappa shape index (κ2) is 9.49. The fourth-order valence-corrected chi connectivity index (χ4v) is 3.61. The van der Waals surface area contributed by atoms with Gasteiger partial charge in [-0.05, 0) is 37.0 Å². The van der Waals surface area contributed by atoms with Gasteiger partial charge in [0.25, 0.3) is 0 Å². The van der Waals surface area contributed by atoms with E-state index in [1.807, 2.05) is 18.7 Å². The summed E-state index contributed by atoms with van der Waals surface area (Å²) in [5, 5.41) is 11.5. The normalized spacial score (nSPS) is 17.0. The van der Waals surface area contributed by atoms with Gasteiger partial charge < -0.3 is 15.4 Å².